The smallest absolute Gasteiger partial charge is 0.338 e. The molecule has 0 atom stereocenters. The molecule has 0 radical (unpaired) electrons. The van der Waals surface area contributed by atoms with Crippen LogP contribution in [0.2, 0.25) is 0 Å². The lowest BCUT2D eigenvalue weighted by atomic mass is 10.1. The van der Waals surface area contributed by atoms with Crippen molar-refractivity contribution in [3.05, 3.63) is 61.9 Å². The summed E-state index contributed by atoms with van der Waals surface area (Å²) in [5.41, 5.74) is -4.03. The molecule has 0 aliphatic heterocycles. The van der Waals surface area contributed by atoms with Crippen molar-refractivity contribution in [3.63, 3.8) is 0 Å². The third-order valence-electron chi connectivity index (χ3n) is 4.74. The Balaban J connectivity index is 1.91. The van der Waals surface area contributed by atoms with Crippen LogP contribution < -0.4 is 5.56 Å². The van der Waals surface area contributed by atoms with Gasteiger partial charge in [-0.3, -0.25) is 4.79 Å². The molecule has 4 nitrogen and oxygen atoms in total. The first kappa shape index (κ1) is 20.4. The fourth-order valence-electron chi connectivity index (χ4n) is 3.36. The zero-order valence-corrected chi connectivity index (χ0v) is 16.0. The Labute approximate surface area is 166 Å². The number of halogens is 7. The van der Waals surface area contributed by atoms with Crippen LogP contribution in [-0.4, -0.2) is 14.3 Å². The van der Waals surface area contributed by atoms with E-state index in [1.807, 2.05) is 13.0 Å². The van der Waals surface area contributed by atoms with Gasteiger partial charge in [-0.25, -0.2) is 22.2 Å². The summed E-state index contributed by atoms with van der Waals surface area (Å²) >= 11 is 1.40. The van der Waals surface area contributed by atoms with Gasteiger partial charge >= 0.3 is 6.18 Å². The van der Waals surface area contributed by atoms with Crippen molar-refractivity contribution in [2.24, 2.45) is 7.05 Å². The topological polar surface area (TPSA) is 39.8 Å². The standard InChI is InChI=1S/C18H10F7N3OS/c1-6-3-9-16(30-6)7-4-26-28(17(29)15(7)27(9)2)5-8-11(19)13(21)10(18(23,24)25)14(22)12(8)20/h3-4H,5H2,1-2H3. The lowest BCUT2D eigenvalue weighted by molar-refractivity contribution is -0.143. The summed E-state index contributed by atoms with van der Waals surface area (Å²) in [4.78, 5) is 13.8. The molecule has 30 heavy (non-hydrogen) atoms. The number of rotatable bonds is 2. The Kier molecular flexibility index (Phi) is 4.46. The lowest BCUT2D eigenvalue weighted by Crippen LogP contribution is -2.26. The quantitative estimate of drug-likeness (QED) is 0.323. The molecule has 12 heteroatoms. The van der Waals surface area contributed by atoms with E-state index in [1.54, 1.807) is 7.05 Å². The van der Waals surface area contributed by atoms with Crippen LogP contribution in [0.5, 0.6) is 0 Å². The molecule has 0 spiro atoms. The average Bonchev–Trinajstić information content (AvgIpc) is 3.15. The second-order valence-corrected chi connectivity index (χ2v) is 7.86. The molecule has 3 aromatic heterocycles. The Morgan fingerprint density at radius 3 is 2.23 bits per heavy atom. The molecule has 0 fully saturated rings. The van der Waals surface area contributed by atoms with Crippen LogP contribution in [0, 0.1) is 30.2 Å². The first-order valence-electron chi connectivity index (χ1n) is 8.30. The molecule has 0 bridgehead atoms. The van der Waals surface area contributed by atoms with Crippen LogP contribution in [0.25, 0.3) is 21.1 Å². The molecule has 4 rings (SSSR count). The lowest BCUT2D eigenvalue weighted by Gasteiger charge is -2.14. The third-order valence-corrected chi connectivity index (χ3v) is 5.81. The molecule has 0 N–H and O–H groups in total. The van der Waals surface area contributed by atoms with Gasteiger partial charge in [0.15, 0.2) is 23.3 Å². The number of thiophene rings is 1. The van der Waals surface area contributed by atoms with Crippen LogP contribution in [0.4, 0.5) is 30.7 Å². The van der Waals surface area contributed by atoms with Gasteiger partial charge < -0.3 is 4.57 Å². The Morgan fingerprint density at radius 1 is 1.07 bits per heavy atom. The van der Waals surface area contributed by atoms with Crippen molar-refractivity contribution in [3.8, 4) is 0 Å². The molecule has 0 amide bonds. The van der Waals surface area contributed by atoms with Gasteiger partial charge in [-0.15, -0.1) is 11.3 Å². The van der Waals surface area contributed by atoms with E-state index in [0.29, 0.717) is 15.6 Å². The molecule has 158 valence electrons. The predicted molar refractivity (Wildman–Crippen MR) is 95.5 cm³/mol. The van der Waals surface area contributed by atoms with Crippen LogP contribution in [0.3, 0.4) is 0 Å². The minimum absolute atomic E-state index is 0.125. The van der Waals surface area contributed by atoms with E-state index >= 15 is 0 Å². The summed E-state index contributed by atoms with van der Waals surface area (Å²) in [6.07, 6.45) is -4.39. The van der Waals surface area contributed by atoms with Crippen molar-refractivity contribution in [1.29, 1.82) is 0 Å². The van der Waals surface area contributed by atoms with Crippen molar-refractivity contribution < 1.29 is 30.7 Å². The number of hydrogen-bond acceptors (Lipinski definition) is 3. The summed E-state index contributed by atoms with van der Waals surface area (Å²) in [7, 11) is 1.58. The molecule has 0 saturated heterocycles. The van der Waals surface area contributed by atoms with Gasteiger partial charge in [0.05, 0.1) is 28.5 Å². The predicted octanol–water partition coefficient (Wildman–Crippen LogP) is 4.88. The van der Waals surface area contributed by atoms with Crippen molar-refractivity contribution in [2.45, 2.75) is 19.6 Å². The van der Waals surface area contributed by atoms with Gasteiger partial charge in [0, 0.05) is 17.3 Å². The monoisotopic (exact) mass is 449 g/mol. The molecular weight excluding hydrogens is 439 g/mol. The Bertz CT molecular complexity index is 1370. The maximum Gasteiger partial charge on any atom is 0.422 e. The summed E-state index contributed by atoms with van der Waals surface area (Å²) in [6, 6.07) is 1.82. The second-order valence-electron chi connectivity index (χ2n) is 6.61. The van der Waals surface area contributed by atoms with Gasteiger partial charge in [-0.2, -0.15) is 18.3 Å². The van der Waals surface area contributed by atoms with Gasteiger partial charge in [-0.05, 0) is 13.0 Å². The fourth-order valence-corrected chi connectivity index (χ4v) is 4.41. The van der Waals surface area contributed by atoms with Gasteiger partial charge in [0.25, 0.3) is 5.56 Å². The maximum atomic E-state index is 14.2. The first-order chi connectivity index (χ1) is 13.9. The van der Waals surface area contributed by atoms with Crippen molar-refractivity contribution in [1.82, 2.24) is 14.3 Å². The summed E-state index contributed by atoms with van der Waals surface area (Å²) in [6.45, 7) is 0.765. The SMILES string of the molecule is Cc1cc2c(s1)c1cnn(Cc3c(F)c(F)c(C(F)(F)F)c(F)c3F)c(=O)c1n2C. The Morgan fingerprint density at radius 2 is 1.67 bits per heavy atom. The summed E-state index contributed by atoms with van der Waals surface area (Å²) in [5, 5.41) is 4.25. The highest BCUT2D eigenvalue weighted by molar-refractivity contribution is 7.20. The highest BCUT2D eigenvalue weighted by Gasteiger charge is 2.42. The summed E-state index contributed by atoms with van der Waals surface area (Å²) in [5.74, 6) is -9.64. The number of hydrogen-bond donors (Lipinski definition) is 0. The second kappa shape index (κ2) is 6.56. The molecule has 0 aliphatic carbocycles. The van der Waals surface area contributed by atoms with E-state index in [0.717, 1.165) is 9.58 Å². The first-order valence-corrected chi connectivity index (χ1v) is 9.11. The number of nitrogens with zero attached hydrogens (tertiary/aromatic N) is 3. The number of benzene rings is 1. The van der Waals surface area contributed by atoms with Crippen LogP contribution in [0.15, 0.2) is 17.1 Å². The van der Waals surface area contributed by atoms with Crippen molar-refractivity contribution >= 4 is 32.5 Å². The highest BCUT2D eigenvalue weighted by Crippen LogP contribution is 2.37. The number of fused-ring (bicyclic) bond motifs is 3. The molecule has 3 heterocycles. The zero-order valence-electron chi connectivity index (χ0n) is 15.2. The van der Waals surface area contributed by atoms with Crippen LogP contribution in [0.1, 0.15) is 16.0 Å². The van der Waals surface area contributed by atoms with Gasteiger partial charge in [0.1, 0.15) is 11.1 Å². The van der Waals surface area contributed by atoms with E-state index in [4.69, 9.17) is 0 Å². The summed E-state index contributed by atoms with van der Waals surface area (Å²) < 4.78 is 97.1. The van der Waals surface area contributed by atoms with Crippen LogP contribution in [-0.2, 0) is 19.8 Å². The van der Waals surface area contributed by atoms with Crippen molar-refractivity contribution in [2.75, 3.05) is 0 Å². The van der Waals surface area contributed by atoms with Crippen LogP contribution >= 0.6 is 11.3 Å². The molecule has 0 saturated carbocycles. The van der Waals surface area contributed by atoms with E-state index in [-0.39, 0.29) is 5.52 Å². The fraction of sp³-hybridized carbons (Fsp3) is 0.222. The van der Waals surface area contributed by atoms with E-state index in [2.05, 4.69) is 5.10 Å². The minimum Gasteiger partial charge on any atom is -0.338 e. The zero-order chi connectivity index (χ0) is 22.1. The minimum atomic E-state index is -5.64. The number of alkyl halides is 3. The molecule has 0 aliphatic rings. The largest absolute Gasteiger partial charge is 0.422 e. The molecule has 4 aromatic rings. The maximum absolute atomic E-state index is 14.2. The molecule has 0 unspecified atom stereocenters. The molecular formula is C18H10F7N3OS. The van der Waals surface area contributed by atoms with E-state index < -0.39 is 52.7 Å². The third kappa shape index (κ3) is 2.81. The number of aryl methyl sites for hydroxylation is 2. The average molecular weight is 449 g/mol. The van der Waals surface area contributed by atoms with E-state index in [1.165, 1.54) is 22.1 Å². The van der Waals surface area contributed by atoms with E-state index in [9.17, 15) is 35.5 Å². The molecule has 1 aromatic carbocycles. The Hall–Kier alpha value is -2.89. The number of aromatic nitrogens is 3. The normalized spacial score (nSPS) is 12.4. The van der Waals surface area contributed by atoms with Gasteiger partial charge in [0.2, 0.25) is 0 Å². The van der Waals surface area contributed by atoms with Gasteiger partial charge in [-0.1, -0.05) is 0 Å². The highest BCUT2D eigenvalue weighted by atomic mass is 32.1.